The molecule has 1 atom stereocenters. The summed E-state index contributed by atoms with van der Waals surface area (Å²) in [7, 11) is 0. The fraction of sp³-hybridized carbons (Fsp3) is 0.615. The zero-order valence-corrected chi connectivity index (χ0v) is 12.2. The molecule has 0 spiro atoms. The Morgan fingerprint density at radius 2 is 2.37 bits per heavy atom. The summed E-state index contributed by atoms with van der Waals surface area (Å²) in [6.45, 7) is 5.83. The first-order valence-electron chi connectivity index (χ1n) is 6.67. The number of anilines is 1. The van der Waals surface area contributed by atoms with Gasteiger partial charge in [0.1, 0.15) is 11.5 Å². The first-order valence-corrected chi connectivity index (χ1v) is 7.82. The fourth-order valence-corrected chi connectivity index (χ4v) is 2.97. The van der Waals surface area contributed by atoms with Crippen molar-refractivity contribution in [1.82, 2.24) is 14.9 Å². The summed E-state index contributed by atoms with van der Waals surface area (Å²) < 4.78 is 0. The van der Waals surface area contributed by atoms with Crippen molar-refractivity contribution in [2.24, 2.45) is 0 Å². The van der Waals surface area contributed by atoms with Gasteiger partial charge in [0.2, 0.25) is 0 Å². The lowest BCUT2D eigenvalue weighted by molar-refractivity contribution is 0.0709. The van der Waals surface area contributed by atoms with E-state index in [0.717, 1.165) is 36.8 Å². The highest BCUT2D eigenvalue weighted by molar-refractivity contribution is 7.99. The molecule has 1 aromatic rings. The van der Waals surface area contributed by atoms with E-state index in [1.807, 2.05) is 16.7 Å². The number of hydrogen-bond acceptors (Lipinski definition) is 5. The van der Waals surface area contributed by atoms with E-state index in [-0.39, 0.29) is 11.9 Å². The van der Waals surface area contributed by atoms with Crippen LogP contribution >= 0.6 is 11.8 Å². The monoisotopic (exact) mass is 280 g/mol. The standard InChI is InChI=1S/C13H20N4OS/c1-3-4-14-12-8-15-11(7-16-12)13(18)17-5-6-19-9-10(17)2/h7-8,10H,3-6,9H2,1-2H3,(H,14,16). The van der Waals surface area contributed by atoms with Gasteiger partial charge in [0.25, 0.3) is 5.91 Å². The number of carbonyl (C=O) groups excluding carboxylic acids is 1. The third-order valence-electron chi connectivity index (χ3n) is 3.06. The lowest BCUT2D eigenvalue weighted by Crippen LogP contribution is -2.44. The maximum Gasteiger partial charge on any atom is 0.274 e. The summed E-state index contributed by atoms with van der Waals surface area (Å²) in [4.78, 5) is 22.7. The number of amides is 1. The van der Waals surface area contributed by atoms with Gasteiger partial charge in [-0.25, -0.2) is 9.97 Å². The number of hydrogen-bond donors (Lipinski definition) is 1. The predicted molar refractivity (Wildman–Crippen MR) is 78.6 cm³/mol. The summed E-state index contributed by atoms with van der Waals surface area (Å²) in [6, 6.07) is 0.269. The van der Waals surface area contributed by atoms with E-state index in [1.54, 1.807) is 12.4 Å². The van der Waals surface area contributed by atoms with Crippen molar-refractivity contribution in [3.63, 3.8) is 0 Å². The van der Waals surface area contributed by atoms with E-state index < -0.39 is 0 Å². The van der Waals surface area contributed by atoms with Crippen LogP contribution in [0.2, 0.25) is 0 Å². The molecule has 0 aliphatic carbocycles. The van der Waals surface area contributed by atoms with Gasteiger partial charge in [-0.05, 0) is 13.3 Å². The minimum absolute atomic E-state index is 0.0117. The Morgan fingerprint density at radius 1 is 1.53 bits per heavy atom. The van der Waals surface area contributed by atoms with Crippen molar-refractivity contribution in [3.05, 3.63) is 18.1 Å². The highest BCUT2D eigenvalue weighted by atomic mass is 32.2. The van der Waals surface area contributed by atoms with Gasteiger partial charge in [-0.15, -0.1) is 0 Å². The number of nitrogens with zero attached hydrogens (tertiary/aromatic N) is 3. The molecule has 104 valence electrons. The van der Waals surface area contributed by atoms with Crippen molar-refractivity contribution in [2.75, 3.05) is 29.9 Å². The maximum absolute atomic E-state index is 12.3. The van der Waals surface area contributed by atoms with E-state index in [4.69, 9.17) is 0 Å². The Morgan fingerprint density at radius 3 is 3.00 bits per heavy atom. The van der Waals surface area contributed by atoms with Crippen LogP contribution in [0.3, 0.4) is 0 Å². The molecule has 6 heteroatoms. The molecule has 2 rings (SSSR count). The number of carbonyl (C=O) groups is 1. The molecule has 1 aromatic heterocycles. The molecule has 0 bridgehead atoms. The summed E-state index contributed by atoms with van der Waals surface area (Å²) in [5.74, 6) is 2.71. The van der Waals surface area contributed by atoms with E-state index in [2.05, 4.69) is 29.1 Å². The molecule has 1 saturated heterocycles. The van der Waals surface area contributed by atoms with Crippen LogP contribution in [0.5, 0.6) is 0 Å². The van der Waals surface area contributed by atoms with Gasteiger partial charge < -0.3 is 10.2 Å². The molecule has 1 amide bonds. The van der Waals surface area contributed by atoms with Crippen LogP contribution in [0.15, 0.2) is 12.4 Å². The minimum atomic E-state index is -0.0117. The van der Waals surface area contributed by atoms with Crippen molar-refractivity contribution >= 4 is 23.5 Å². The molecular weight excluding hydrogens is 260 g/mol. The van der Waals surface area contributed by atoms with Crippen LogP contribution in [0, 0.1) is 0 Å². The molecule has 5 nitrogen and oxygen atoms in total. The third-order valence-corrected chi connectivity index (χ3v) is 4.24. The van der Waals surface area contributed by atoms with Gasteiger partial charge in [-0.3, -0.25) is 4.79 Å². The van der Waals surface area contributed by atoms with Crippen LogP contribution in [-0.2, 0) is 0 Å². The number of thioether (sulfide) groups is 1. The van der Waals surface area contributed by atoms with E-state index in [1.165, 1.54) is 0 Å². The molecule has 2 heterocycles. The van der Waals surface area contributed by atoms with E-state index in [9.17, 15) is 4.79 Å². The number of aromatic nitrogens is 2. The van der Waals surface area contributed by atoms with Crippen molar-refractivity contribution in [1.29, 1.82) is 0 Å². The third kappa shape index (κ3) is 3.59. The highest BCUT2D eigenvalue weighted by Gasteiger charge is 2.25. The average Bonchev–Trinajstić information content (AvgIpc) is 2.45. The molecule has 0 aromatic carbocycles. The smallest absolute Gasteiger partial charge is 0.274 e. The van der Waals surface area contributed by atoms with Gasteiger partial charge >= 0.3 is 0 Å². The molecular formula is C13H20N4OS. The second-order valence-electron chi connectivity index (χ2n) is 4.64. The van der Waals surface area contributed by atoms with Crippen molar-refractivity contribution in [3.8, 4) is 0 Å². The molecule has 0 saturated carbocycles. The van der Waals surface area contributed by atoms with Gasteiger partial charge in [0.15, 0.2) is 0 Å². The largest absolute Gasteiger partial charge is 0.369 e. The molecule has 1 unspecified atom stereocenters. The fourth-order valence-electron chi connectivity index (χ4n) is 1.96. The zero-order valence-electron chi connectivity index (χ0n) is 11.4. The molecule has 1 aliphatic rings. The van der Waals surface area contributed by atoms with Crippen LogP contribution < -0.4 is 5.32 Å². The maximum atomic E-state index is 12.3. The van der Waals surface area contributed by atoms with Crippen molar-refractivity contribution < 1.29 is 4.79 Å². The van der Waals surface area contributed by atoms with Crippen LogP contribution in [0.1, 0.15) is 30.8 Å². The predicted octanol–water partition coefficient (Wildman–Crippen LogP) is 1.88. The second-order valence-corrected chi connectivity index (χ2v) is 5.79. The molecule has 1 N–H and O–H groups in total. The first-order chi connectivity index (χ1) is 9.22. The Labute approximate surface area is 118 Å². The minimum Gasteiger partial charge on any atom is -0.369 e. The Balaban J connectivity index is 2.02. The second kappa shape index (κ2) is 6.75. The van der Waals surface area contributed by atoms with E-state index >= 15 is 0 Å². The molecule has 1 fully saturated rings. The topological polar surface area (TPSA) is 58.1 Å². The zero-order chi connectivity index (χ0) is 13.7. The summed E-state index contributed by atoms with van der Waals surface area (Å²) in [5.41, 5.74) is 0.431. The Bertz CT molecular complexity index is 423. The molecule has 1 aliphatic heterocycles. The summed E-state index contributed by atoms with van der Waals surface area (Å²) in [6.07, 6.45) is 4.23. The highest BCUT2D eigenvalue weighted by Crippen LogP contribution is 2.18. The summed E-state index contributed by atoms with van der Waals surface area (Å²) in [5, 5.41) is 3.15. The lowest BCUT2D eigenvalue weighted by Gasteiger charge is -2.32. The van der Waals surface area contributed by atoms with Crippen LogP contribution in [0.4, 0.5) is 5.82 Å². The molecule has 19 heavy (non-hydrogen) atoms. The lowest BCUT2D eigenvalue weighted by atomic mass is 10.2. The Kier molecular flexibility index (Phi) is 5.01. The van der Waals surface area contributed by atoms with E-state index in [0.29, 0.717) is 5.69 Å². The first kappa shape index (κ1) is 14.1. The van der Waals surface area contributed by atoms with Gasteiger partial charge in [-0.2, -0.15) is 11.8 Å². The molecule has 0 radical (unpaired) electrons. The number of nitrogens with one attached hydrogen (secondary N) is 1. The quantitative estimate of drug-likeness (QED) is 0.912. The van der Waals surface area contributed by atoms with Crippen LogP contribution in [0.25, 0.3) is 0 Å². The number of rotatable bonds is 4. The van der Waals surface area contributed by atoms with Crippen LogP contribution in [-0.4, -0.2) is 51.4 Å². The van der Waals surface area contributed by atoms with Crippen molar-refractivity contribution in [2.45, 2.75) is 26.3 Å². The SMILES string of the molecule is CCCNc1cnc(C(=O)N2CCSCC2C)cn1. The summed E-state index contributed by atoms with van der Waals surface area (Å²) >= 11 is 1.89. The van der Waals surface area contributed by atoms with Gasteiger partial charge in [-0.1, -0.05) is 6.92 Å². The van der Waals surface area contributed by atoms with Gasteiger partial charge in [0.05, 0.1) is 12.4 Å². The Hall–Kier alpha value is -1.30. The normalized spacial score (nSPS) is 19.3. The average molecular weight is 280 g/mol. The van der Waals surface area contributed by atoms with Gasteiger partial charge in [0, 0.05) is 30.6 Å².